The first-order valence-corrected chi connectivity index (χ1v) is 9.10. The molecule has 27 heavy (non-hydrogen) atoms. The van der Waals surface area contributed by atoms with E-state index < -0.39 is 0 Å². The van der Waals surface area contributed by atoms with E-state index in [9.17, 15) is 4.79 Å². The zero-order chi connectivity index (χ0) is 19.2. The van der Waals surface area contributed by atoms with Crippen molar-refractivity contribution in [1.29, 1.82) is 0 Å². The van der Waals surface area contributed by atoms with Crippen LogP contribution in [0.15, 0.2) is 48.5 Å². The molecule has 0 saturated carbocycles. The molecule has 3 rings (SSSR count). The van der Waals surface area contributed by atoms with Gasteiger partial charge in [0.05, 0.1) is 5.69 Å². The van der Waals surface area contributed by atoms with Crippen molar-refractivity contribution in [2.75, 3.05) is 20.3 Å². The van der Waals surface area contributed by atoms with Crippen LogP contribution in [0.4, 0.5) is 0 Å². The average Bonchev–Trinajstić information content (AvgIpc) is 3.11. The molecule has 0 fully saturated rings. The number of benzene rings is 2. The second-order valence-electron chi connectivity index (χ2n) is 5.76. The molecule has 1 heterocycles. The molecule has 0 aliphatic heterocycles. The molecule has 8 heteroatoms. The molecular formula is C19H18Cl2N4O2. The van der Waals surface area contributed by atoms with Gasteiger partial charge in [-0.15, -0.1) is 5.10 Å². The number of methoxy groups -OCH3 is 1. The molecule has 3 aromatic rings. The molecule has 140 valence electrons. The Morgan fingerprint density at radius 3 is 2.63 bits per heavy atom. The predicted molar refractivity (Wildman–Crippen MR) is 106 cm³/mol. The van der Waals surface area contributed by atoms with E-state index in [4.69, 9.17) is 27.9 Å². The number of nitrogens with zero attached hydrogens (tertiary/aromatic N) is 3. The standard InChI is InChI=1S/C19H18Cl2N4O2/c1-27-11-3-10-22-19(26)17-23-18(13-4-2-5-15(21)12-13)25(24-17)16-8-6-14(20)7-9-16/h2,4-9,12H,3,10-11H2,1H3,(H,22,26). The predicted octanol–water partition coefficient (Wildman–Crippen LogP) is 4.01. The van der Waals surface area contributed by atoms with Crippen LogP contribution >= 0.6 is 23.2 Å². The molecule has 1 amide bonds. The first-order valence-electron chi connectivity index (χ1n) is 8.34. The number of hydrogen-bond acceptors (Lipinski definition) is 4. The molecule has 1 N–H and O–H groups in total. The number of ether oxygens (including phenoxy) is 1. The highest BCUT2D eigenvalue weighted by Gasteiger charge is 2.18. The molecule has 6 nitrogen and oxygen atoms in total. The lowest BCUT2D eigenvalue weighted by atomic mass is 10.2. The topological polar surface area (TPSA) is 69.0 Å². The summed E-state index contributed by atoms with van der Waals surface area (Å²) in [6.45, 7) is 1.05. The second kappa shape index (κ2) is 8.99. The summed E-state index contributed by atoms with van der Waals surface area (Å²) in [6, 6.07) is 14.4. The van der Waals surface area contributed by atoms with Crippen molar-refractivity contribution in [2.45, 2.75) is 6.42 Å². The fraction of sp³-hybridized carbons (Fsp3) is 0.211. The van der Waals surface area contributed by atoms with Crippen molar-refractivity contribution in [3.8, 4) is 17.1 Å². The summed E-state index contributed by atoms with van der Waals surface area (Å²) in [4.78, 5) is 16.9. The minimum absolute atomic E-state index is 0.0809. The molecule has 0 atom stereocenters. The zero-order valence-corrected chi connectivity index (χ0v) is 16.2. The lowest BCUT2D eigenvalue weighted by Crippen LogP contribution is -2.26. The smallest absolute Gasteiger partial charge is 0.290 e. The van der Waals surface area contributed by atoms with E-state index in [2.05, 4.69) is 15.4 Å². The van der Waals surface area contributed by atoms with E-state index in [1.807, 2.05) is 24.3 Å². The van der Waals surface area contributed by atoms with Gasteiger partial charge in [-0.3, -0.25) is 4.79 Å². The molecule has 0 saturated heterocycles. The van der Waals surface area contributed by atoms with Gasteiger partial charge < -0.3 is 10.1 Å². The van der Waals surface area contributed by atoms with Gasteiger partial charge >= 0.3 is 0 Å². The summed E-state index contributed by atoms with van der Waals surface area (Å²) in [5.41, 5.74) is 1.49. The number of amides is 1. The fourth-order valence-corrected chi connectivity index (χ4v) is 2.80. The van der Waals surface area contributed by atoms with E-state index >= 15 is 0 Å². The molecule has 0 bridgehead atoms. The number of rotatable bonds is 7. The van der Waals surface area contributed by atoms with Gasteiger partial charge in [-0.05, 0) is 42.8 Å². The maximum absolute atomic E-state index is 12.4. The summed E-state index contributed by atoms with van der Waals surface area (Å²) < 4.78 is 6.58. The summed E-state index contributed by atoms with van der Waals surface area (Å²) >= 11 is 12.1. The Labute approximate surface area is 167 Å². The first kappa shape index (κ1) is 19.4. The van der Waals surface area contributed by atoms with E-state index in [0.717, 1.165) is 11.3 Å². The van der Waals surface area contributed by atoms with Crippen LogP contribution < -0.4 is 5.32 Å². The normalized spacial score (nSPS) is 10.8. The maximum atomic E-state index is 12.4. The van der Waals surface area contributed by atoms with Crippen molar-refractivity contribution in [2.24, 2.45) is 0 Å². The first-order chi connectivity index (χ1) is 13.1. The lowest BCUT2D eigenvalue weighted by Gasteiger charge is -2.06. The van der Waals surface area contributed by atoms with Crippen molar-refractivity contribution in [1.82, 2.24) is 20.1 Å². The number of aromatic nitrogens is 3. The van der Waals surface area contributed by atoms with Crippen molar-refractivity contribution in [3.05, 3.63) is 64.4 Å². The Morgan fingerprint density at radius 2 is 1.93 bits per heavy atom. The number of carbonyl (C=O) groups excluding carboxylic acids is 1. The Hall–Kier alpha value is -2.41. The van der Waals surface area contributed by atoms with Gasteiger partial charge in [-0.2, -0.15) is 0 Å². The third kappa shape index (κ3) is 4.86. The molecule has 0 unspecified atom stereocenters. The van der Waals surface area contributed by atoms with Gasteiger partial charge in [-0.1, -0.05) is 35.3 Å². The molecule has 0 spiro atoms. The fourth-order valence-electron chi connectivity index (χ4n) is 2.48. The highest BCUT2D eigenvalue weighted by Crippen LogP contribution is 2.24. The molecule has 0 aliphatic rings. The lowest BCUT2D eigenvalue weighted by molar-refractivity contribution is 0.0938. The number of hydrogen-bond donors (Lipinski definition) is 1. The van der Waals surface area contributed by atoms with Crippen LogP contribution in [-0.2, 0) is 4.74 Å². The van der Waals surface area contributed by atoms with Gasteiger partial charge in [0.15, 0.2) is 5.82 Å². The van der Waals surface area contributed by atoms with Gasteiger partial charge in [-0.25, -0.2) is 9.67 Å². The van der Waals surface area contributed by atoms with E-state index in [-0.39, 0.29) is 11.7 Å². The quantitative estimate of drug-likeness (QED) is 0.604. The summed E-state index contributed by atoms with van der Waals surface area (Å²) in [5.74, 6) is 0.251. The van der Waals surface area contributed by atoms with Crippen LogP contribution in [0, 0.1) is 0 Å². The molecular weight excluding hydrogens is 387 g/mol. The van der Waals surface area contributed by atoms with Gasteiger partial charge in [0.25, 0.3) is 5.91 Å². The number of carbonyl (C=O) groups is 1. The van der Waals surface area contributed by atoms with Gasteiger partial charge in [0.2, 0.25) is 5.82 Å². The Kier molecular flexibility index (Phi) is 6.45. The van der Waals surface area contributed by atoms with E-state index in [0.29, 0.717) is 35.4 Å². The van der Waals surface area contributed by atoms with Crippen LogP contribution in [0.5, 0.6) is 0 Å². The molecule has 0 radical (unpaired) electrons. The number of halogens is 2. The highest BCUT2D eigenvalue weighted by molar-refractivity contribution is 6.31. The summed E-state index contributed by atoms with van der Waals surface area (Å²) in [5, 5.41) is 8.37. The summed E-state index contributed by atoms with van der Waals surface area (Å²) in [6.07, 6.45) is 0.710. The SMILES string of the molecule is COCCCNC(=O)c1nc(-c2cccc(Cl)c2)n(-c2ccc(Cl)cc2)n1. The highest BCUT2D eigenvalue weighted by atomic mass is 35.5. The third-order valence-electron chi connectivity index (χ3n) is 3.78. The van der Waals surface area contributed by atoms with Gasteiger partial charge in [0, 0.05) is 35.9 Å². The Balaban J connectivity index is 1.96. The van der Waals surface area contributed by atoms with Crippen LogP contribution in [-0.4, -0.2) is 40.9 Å². The van der Waals surface area contributed by atoms with Crippen LogP contribution in [0.1, 0.15) is 17.0 Å². The van der Waals surface area contributed by atoms with Gasteiger partial charge in [0.1, 0.15) is 0 Å². The third-order valence-corrected chi connectivity index (χ3v) is 4.26. The molecule has 2 aromatic carbocycles. The minimum Gasteiger partial charge on any atom is -0.385 e. The van der Waals surface area contributed by atoms with E-state index in [1.165, 1.54) is 0 Å². The Bertz CT molecular complexity index is 926. The average molecular weight is 405 g/mol. The van der Waals surface area contributed by atoms with Crippen molar-refractivity contribution < 1.29 is 9.53 Å². The number of nitrogens with one attached hydrogen (secondary N) is 1. The van der Waals surface area contributed by atoms with Crippen LogP contribution in [0.3, 0.4) is 0 Å². The Morgan fingerprint density at radius 1 is 1.15 bits per heavy atom. The minimum atomic E-state index is -0.345. The largest absolute Gasteiger partial charge is 0.385 e. The monoisotopic (exact) mass is 404 g/mol. The molecule has 0 aliphatic carbocycles. The van der Waals surface area contributed by atoms with Crippen molar-refractivity contribution >= 4 is 29.1 Å². The summed E-state index contributed by atoms with van der Waals surface area (Å²) in [7, 11) is 1.62. The zero-order valence-electron chi connectivity index (χ0n) is 14.7. The van der Waals surface area contributed by atoms with Crippen LogP contribution in [0.2, 0.25) is 10.0 Å². The van der Waals surface area contributed by atoms with Crippen molar-refractivity contribution in [3.63, 3.8) is 0 Å². The maximum Gasteiger partial charge on any atom is 0.290 e. The van der Waals surface area contributed by atoms with E-state index in [1.54, 1.807) is 36.1 Å². The molecule has 1 aromatic heterocycles. The second-order valence-corrected chi connectivity index (χ2v) is 6.63. The van der Waals surface area contributed by atoms with Crippen LogP contribution in [0.25, 0.3) is 17.1 Å².